The summed E-state index contributed by atoms with van der Waals surface area (Å²) in [7, 11) is -2.65. The van der Waals surface area contributed by atoms with Crippen molar-refractivity contribution in [1.82, 2.24) is 5.32 Å². The molecule has 1 amide bonds. The fourth-order valence-corrected chi connectivity index (χ4v) is 6.23. The molecule has 1 heterocycles. The second-order valence-corrected chi connectivity index (χ2v) is 12.0. The van der Waals surface area contributed by atoms with Crippen molar-refractivity contribution >= 4 is 38.9 Å². The van der Waals surface area contributed by atoms with E-state index in [1.165, 1.54) is 43.8 Å². The zero-order valence-electron chi connectivity index (χ0n) is 21.9. The topological polar surface area (TPSA) is 79.0 Å². The van der Waals surface area contributed by atoms with Crippen LogP contribution in [0.2, 0.25) is 5.02 Å². The van der Waals surface area contributed by atoms with Crippen LogP contribution in [-0.2, 0) is 14.8 Å². The molecule has 0 aliphatic carbocycles. The number of piperidine rings is 1. The Morgan fingerprint density at radius 3 is 2.37 bits per heavy atom. The third-order valence-corrected chi connectivity index (χ3v) is 8.96. The van der Waals surface area contributed by atoms with Gasteiger partial charge in [-0.2, -0.15) is 0 Å². The zero-order chi connectivity index (χ0) is 27.3. The molecule has 202 valence electrons. The highest BCUT2D eigenvalue weighted by atomic mass is 35.5. The first-order valence-electron chi connectivity index (χ1n) is 12.7. The molecule has 3 aromatic carbocycles. The van der Waals surface area contributed by atoms with Crippen molar-refractivity contribution in [3.05, 3.63) is 83.4 Å². The van der Waals surface area contributed by atoms with Crippen LogP contribution in [0, 0.1) is 5.92 Å². The molecule has 1 aliphatic heterocycles. The van der Waals surface area contributed by atoms with Gasteiger partial charge in [0.25, 0.3) is 10.0 Å². The SMILES string of the molecule is COc1ccc(Cl)cc1N(CC(=O)NC(C)c1ccc(N2CCC(C)CC2)cc1)S(=O)(=O)c1ccccc1. The van der Waals surface area contributed by atoms with Gasteiger partial charge < -0.3 is 15.0 Å². The molecular formula is C29H34ClN3O4S. The number of halogens is 1. The summed E-state index contributed by atoms with van der Waals surface area (Å²) in [5.41, 5.74) is 2.30. The summed E-state index contributed by atoms with van der Waals surface area (Å²) < 4.78 is 33.8. The molecular weight excluding hydrogens is 522 g/mol. The van der Waals surface area contributed by atoms with Crippen molar-refractivity contribution in [2.24, 2.45) is 5.92 Å². The third-order valence-electron chi connectivity index (χ3n) is 6.95. The Morgan fingerprint density at radius 2 is 1.74 bits per heavy atom. The first-order chi connectivity index (χ1) is 18.2. The molecule has 0 aromatic heterocycles. The molecule has 0 radical (unpaired) electrons. The van der Waals surface area contributed by atoms with Gasteiger partial charge in [-0.05, 0) is 73.7 Å². The monoisotopic (exact) mass is 555 g/mol. The van der Waals surface area contributed by atoms with Crippen LogP contribution in [0.5, 0.6) is 5.75 Å². The Bertz CT molecular complexity index is 1340. The number of hydrogen-bond acceptors (Lipinski definition) is 5. The van der Waals surface area contributed by atoms with Gasteiger partial charge in [-0.3, -0.25) is 9.10 Å². The van der Waals surface area contributed by atoms with Gasteiger partial charge in [-0.15, -0.1) is 0 Å². The van der Waals surface area contributed by atoms with Crippen LogP contribution >= 0.6 is 11.6 Å². The van der Waals surface area contributed by atoms with E-state index in [1.54, 1.807) is 30.3 Å². The number of benzene rings is 3. The molecule has 3 aromatic rings. The summed E-state index contributed by atoms with van der Waals surface area (Å²) >= 11 is 6.21. The number of methoxy groups -OCH3 is 1. The Balaban J connectivity index is 1.53. The highest BCUT2D eigenvalue weighted by molar-refractivity contribution is 7.92. The van der Waals surface area contributed by atoms with E-state index in [4.69, 9.17) is 16.3 Å². The zero-order valence-corrected chi connectivity index (χ0v) is 23.5. The number of hydrogen-bond donors (Lipinski definition) is 1. The van der Waals surface area contributed by atoms with Gasteiger partial charge in [-0.1, -0.05) is 48.9 Å². The van der Waals surface area contributed by atoms with Gasteiger partial charge in [0.15, 0.2) is 0 Å². The van der Waals surface area contributed by atoms with Gasteiger partial charge in [0.1, 0.15) is 12.3 Å². The molecule has 7 nitrogen and oxygen atoms in total. The van der Waals surface area contributed by atoms with E-state index < -0.39 is 22.5 Å². The Morgan fingerprint density at radius 1 is 1.08 bits per heavy atom. The van der Waals surface area contributed by atoms with E-state index in [-0.39, 0.29) is 22.4 Å². The van der Waals surface area contributed by atoms with Crippen LogP contribution in [0.3, 0.4) is 0 Å². The average Bonchev–Trinajstić information content (AvgIpc) is 2.92. The molecule has 38 heavy (non-hydrogen) atoms. The van der Waals surface area contributed by atoms with E-state index in [0.717, 1.165) is 28.9 Å². The summed E-state index contributed by atoms with van der Waals surface area (Å²) in [6.07, 6.45) is 2.38. The normalized spacial score (nSPS) is 15.1. The molecule has 0 saturated carbocycles. The Kier molecular flexibility index (Phi) is 8.84. The number of carbonyl (C=O) groups excluding carboxylic acids is 1. The Hall–Kier alpha value is -3.23. The van der Waals surface area contributed by atoms with Crippen LogP contribution in [-0.4, -0.2) is 41.1 Å². The maximum absolute atomic E-state index is 13.7. The number of sulfonamides is 1. The molecule has 1 fully saturated rings. The number of nitrogens with one attached hydrogen (secondary N) is 1. The van der Waals surface area contributed by atoms with Crippen molar-refractivity contribution in [3.8, 4) is 5.75 Å². The number of rotatable bonds is 9. The van der Waals surface area contributed by atoms with E-state index in [2.05, 4.69) is 29.3 Å². The molecule has 1 aliphatic rings. The van der Waals surface area contributed by atoms with E-state index in [9.17, 15) is 13.2 Å². The quantitative estimate of drug-likeness (QED) is 0.369. The van der Waals surface area contributed by atoms with Crippen molar-refractivity contribution in [3.63, 3.8) is 0 Å². The second-order valence-electron chi connectivity index (χ2n) is 9.69. The van der Waals surface area contributed by atoms with Gasteiger partial charge in [0.2, 0.25) is 5.91 Å². The van der Waals surface area contributed by atoms with E-state index >= 15 is 0 Å². The lowest BCUT2D eigenvalue weighted by atomic mass is 9.98. The molecule has 9 heteroatoms. The molecule has 1 saturated heterocycles. The summed E-state index contributed by atoms with van der Waals surface area (Å²) in [5.74, 6) is 0.600. The molecule has 1 unspecified atom stereocenters. The predicted octanol–water partition coefficient (Wildman–Crippen LogP) is 5.66. The first-order valence-corrected chi connectivity index (χ1v) is 14.6. The summed E-state index contributed by atoms with van der Waals surface area (Å²) in [5, 5.41) is 3.27. The largest absolute Gasteiger partial charge is 0.495 e. The summed E-state index contributed by atoms with van der Waals surface area (Å²) in [4.78, 5) is 15.7. The molecule has 1 atom stereocenters. The highest BCUT2D eigenvalue weighted by Crippen LogP contribution is 2.35. The smallest absolute Gasteiger partial charge is 0.264 e. The van der Waals surface area contributed by atoms with Crippen molar-refractivity contribution < 1.29 is 17.9 Å². The van der Waals surface area contributed by atoms with Crippen LogP contribution in [0.1, 0.15) is 38.3 Å². The number of nitrogens with zero attached hydrogens (tertiary/aromatic N) is 2. The minimum Gasteiger partial charge on any atom is -0.495 e. The third kappa shape index (κ3) is 6.42. The van der Waals surface area contributed by atoms with Crippen molar-refractivity contribution in [2.75, 3.05) is 35.9 Å². The lowest BCUT2D eigenvalue weighted by molar-refractivity contribution is -0.120. The van der Waals surface area contributed by atoms with Gasteiger partial charge in [0, 0.05) is 23.8 Å². The average molecular weight is 556 g/mol. The molecule has 1 N–H and O–H groups in total. The summed E-state index contributed by atoms with van der Waals surface area (Å²) in [6.45, 7) is 5.82. The van der Waals surface area contributed by atoms with Crippen LogP contribution in [0.25, 0.3) is 0 Å². The van der Waals surface area contributed by atoms with Crippen LogP contribution in [0.15, 0.2) is 77.7 Å². The van der Waals surface area contributed by atoms with Gasteiger partial charge >= 0.3 is 0 Å². The highest BCUT2D eigenvalue weighted by Gasteiger charge is 2.30. The standard InChI is InChI=1S/C29H34ClN3O4S/c1-21-15-17-32(18-16-21)25-12-9-23(10-13-25)22(2)31-29(34)20-33(27-19-24(30)11-14-28(27)37-3)38(35,36)26-7-5-4-6-8-26/h4-14,19,21-22H,15-18,20H2,1-3H3,(H,31,34). The number of carbonyl (C=O) groups is 1. The number of anilines is 2. The lowest BCUT2D eigenvalue weighted by Gasteiger charge is -2.32. The fourth-order valence-electron chi connectivity index (χ4n) is 4.62. The van der Waals surface area contributed by atoms with E-state index in [0.29, 0.717) is 5.02 Å². The van der Waals surface area contributed by atoms with Gasteiger partial charge in [0.05, 0.1) is 23.7 Å². The number of ether oxygens (including phenoxy) is 1. The van der Waals surface area contributed by atoms with Crippen molar-refractivity contribution in [1.29, 1.82) is 0 Å². The molecule has 0 bridgehead atoms. The minimum atomic E-state index is -4.09. The van der Waals surface area contributed by atoms with Crippen LogP contribution in [0.4, 0.5) is 11.4 Å². The molecule has 4 rings (SSSR count). The first kappa shape index (κ1) is 27.8. The van der Waals surface area contributed by atoms with Crippen LogP contribution < -0.4 is 19.3 Å². The predicted molar refractivity (Wildman–Crippen MR) is 153 cm³/mol. The lowest BCUT2D eigenvalue weighted by Crippen LogP contribution is -2.41. The van der Waals surface area contributed by atoms with Gasteiger partial charge in [-0.25, -0.2) is 8.42 Å². The maximum Gasteiger partial charge on any atom is 0.264 e. The van der Waals surface area contributed by atoms with Crippen molar-refractivity contribution in [2.45, 2.75) is 37.6 Å². The fraction of sp³-hybridized carbons (Fsp3) is 0.345. The molecule has 0 spiro atoms. The minimum absolute atomic E-state index is 0.0607. The van der Waals surface area contributed by atoms with E-state index in [1.807, 2.05) is 19.1 Å². The maximum atomic E-state index is 13.7. The second kappa shape index (κ2) is 12.1. The number of amides is 1. The Labute approximate surface area is 230 Å². The summed E-state index contributed by atoms with van der Waals surface area (Å²) in [6, 6.07) is 20.5.